The van der Waals surface area contributed by atoms with Gasteiger partial charge in [0, 0.05) is 28.7 Å². The third-order valence-corrected chi connectivity index (χ3v) is 4.63. The fourth-order valence-corrected chi connectivity index (χ4v) is 3.24. The van der Waals surface area contributed by atoms with Crippen molar-refractivity contribution in [2.24, 2.45) is 0 Å². The molecule has 0 aliphatic carbocycles. The van der Waals surface area contributed by atoms with Crippen LogP contribution in [-0.4, -0.2) is 16.3 Å². The maximum Gasteiger partial charge on any atom is 0.428 e. The van der Waals surface area contributed by atoms with Crippen molar-refractivity contribution in [3.63, 3.8) is 0 Å². The Bertz CT molecular complexity index is 1220. The number of H-pyrrole nitrogens is 1. The van der Waals surface area contributed by atoms with Crippen molar-refractivity contribution in [2.45, 2.75) is 18.7 Å². The lowest BCUT2D eigenvalue weighted by Gasteiger charge is -2.29. The Morgan fingerprint density at radius 3 is 2.52 bits per heavy atom. The van der Waals surface area contributed by atoms with E-state index in [4.69, 9.17) is 4.42 Å². The van der Waals surface area contributed by atoms with E-state index in [2.05, 4.69) is 4.98 Å². The summed E-state index contributed by atoms with van der Waals surface area (Å²) in [6, 6.07) is 11.5. The predicted molar refractivity (Wildman–Crippen MR) is 94.6 cm³/mol. The van der Waals surface area contributed by atoms with Gasteiger partial charge in [0.2, 0.25) is 5.60 Å². The van der Waals surface area contributed by atoms with Crippen LogP contribution in [0.15, 0.2) is 63.9 Å². The number of nitrogens with one attached hydrogen (secondary N) is 1. The minimum atomic E-state index is -5.12. The quantitative estimate of drug-likeness (QED) is 0.548. The molecular formula is C20H14F3NO3. The number of aliphatic hydroxyl groups is 1. The monoisotopic (exact) mass is 373 g/mol. The highest BCUT2D eigenvalue weighted by Crippen LogP contribution is 2.46. The largest absolute Gasteiger partial charge is 0.457 e. The van der Waals surface area contributed by atoms with Gasteiger partial charge in [-0.2, -0.15) is 13.2 Å². The molecule has 0 radical (unpaired) electrons. The van der Waals surface area contributed by atoms with E-state index < -0.39 is 28.5 Å². The van der Waals surface area contributed by atoms with Crippen molar-refractivity contribution >= 4 is 21.9 Å². The van der Waals surface area contributed by atoms with Crippen molar-refractivity contribution in [3.05, 3.63) is 81.8 Å². The lowest BCUT2D eigenvalue weighted by Crippen LogP contribution is -2.43. The number of halogens is 3. The van der Waals surface area contributed by atoms with Crippen LogP contribution in [0, 0.1) is 6.92 Å². The molecule has 2 N–H and O–H groups in total. The van der Waals surface area contributed by atoms with Gasteiger partial charge < -0.3 is 14.5 Å². The summed E-state index contributed by atoms with van der Waals surface area (Å²) in [5.41, 5.74) is -3.40. The van der Waals surface area contributed by atoms with Crippen molar-refractivity contribution in [1.29, 1.82) is 0 Å². The highest BCUT2D eigenvalue weighted by molar-refractivity contribution is 5.85. The van der Waals surface area contributed by atoms with E-state index in [1.54, 1.807) is 31.2 Å². The first-order valence-electron chi connectivity index (χ1n) is 8.12. The number of hydrogen-bond donors (Lipinski definition) is 2. The number of para-hydroxylation sites is 1. The van der Waals surface area contributed by atoms with Crippen LogP contribution in [0.3, 0.4) is 0 Å². The molecule has 0 bridgehead atoms. The van der Waals surface area contributed by atoms with Crippen LogP contribution in [0.5, 0.6) is 0 Å². The van der Waals surface area contributed by atoms with Crippen LogP contribution in [-0.2, 0) is 5.60 Å². The van der Waals surface area contributed by atoms with Gasteiger partial charge >= 0.3 is 6.18 Å². The number of hydrogen-bond acceptors (Lipinski definition) is 3. The third kappa shape index (κ3) is 2.54. The zero-order valence-electron chi connectivity index (χ0n) is 14.1. The van der Waals surface area contributed by atoms with Crippen molar-refractivity contribution in [2.75, 3.05) is 0 Å². The van der Waals surface area contributed by atoms with Crippen LogP contribution in [0.4, 0.5) is 13.2 Å². The number of aromatic amines is 1. The number of alkyl halides is 3. The molecule has 0 aliphatic heterocycles. The third-order valence-electron chi connectivity index (χ3n) is 4.63. The molecule has 1 atom stereocenters. The van der Waals surface area contributed by atoms with Crippen molar-refractivity contribution < 1.29 is 22.7 Å². The van der Waals surface area contributed by atoms with Gasteiger partial charge in [0.25, 0.3) is 0 Å². The number of aromatic nitrogens is 1. The Kier molecular flexibility index (Phi) is 3.68. The van der Waals surface area contributed by atoms with Crippen LogP contribution in [0.1, 0.15) is 16.9 Å². The Morgan fingerprint density at radius 2 is 1.78 bits per heavy atom. The summed E-state index contributed by atoms with van der Waals surface area (Å²) in [4.78, 5) is 15.1. The van der Waals surface area contributed by atoms with E-state index in [1.807, 2.05) is 0 Å². The molecule has 0 fully saturated rings. The molecule has 4 rings (SSSR count). The molecule has 0 saturated heterocycles. The van der Waals surface area contributed by atoms with E-state index in [0.29, 0.717) is 11.6 Å². The Morgan fingerprint density at radius 1 is 1.04 bits per heavy atom. The van der Waals surface area contributed by atoms with Gasteiger partial charge in [0.1, 0.15) is 5.58 Å². The van der Waals surface area contributed by atoms with E-state index in [-0.39, 0.29) is 16.4 Å². The minimum absolute atomic E-state index is 0.0226. The molecular weight excluding hydrogens is 359 g/mol. The number of benzene rings is 2. The van der Waals surface area contributed by atoms with Crippen LogP contribution in [0.25, 0.3) is 21.9 Å². The summed E-state index contributed by atoms with van der Waals surface area (Å²) in [6.45, 7) is 1.75. The van der Waals surface area contributed by atoms with Crippen LogP contribution >= 0.6 is 0 Å². The van der Waals surface area contributed by atoms with Gasteiger partial charge in [-0.25, -0.2) is 0 Å². The highest BCUT2D eigenvalue weighted by atomic mass is 19.4. The van der Waals surface area contributed by atoms with Gasteiger partial charge in [-0.1, -0.05) is 29.8 Å². The SMILES string of the molecule is Cc1ccc2oc(C(O)(c3c[nH]c4ccccc34)C(F)(F)F)cc(=O)c2c1. The van der Waals surface area contributed by atoms with E-state index >= 15 is 0 Å². The van der Waals surface area contributed by atoms with E-state index in [9.17, 15) is 23.1 Å². The zero-order chi connectivity index (χ0) is 19.4. The second-order valence-corrected chi connectivity index (χ2v) is 6.43. The molecule has 138 valence electrons. The maximum atomic E-state index is 14.1. The number of aryl methyl sites for hydroxylation is 1. The Balaban J connectivity index is 2.06. The molecule has 1 unspecified atom stereocenters. The summed E-state index contributed by atoms with van der Waals surface area (Å²) < 4.78 is 47.5. The van der Waals surface area contributed by atoms with E-state index in [0.717, 1.165) is 11.8 Å². The topological polar surface area (TPSA) is 66.2 Å². The summed E-state index contributed by atoms with van der Waals surface area (Å²) in [7, 11) is 0. The summed E-state index contributed by atoms with van der Waals surface area (Å²) >= 11 is 0. The van der Waals surface area contributed by atoms with Crippen molar-refractivity contribution in [3.8, 4) is 0 Å². The lowest BCUT2D eigenvalue weighted by atomic mass is 9.89. The molecule has 4 aromatic rings. The van der Waals surface area contributed by atoms with Gasteiger partial charge in [0.05, 0.1) is 5.39 Å². The first-order chi connectivity index (χ1) is 12.7. The first kappa shape index (κ1) is 17.4. The molecule has 0 spiro atoms. The van der Waals surface area contributed by atoms with Gasteiger partial charge in [-0.05, 0) is 25.1 Å². The molecule has 0 aliphatic rings. The normalized spacial score (nSPS) is 14.6. The summed E-state index contributed by atoms with van der Waals surface area (Å²) in [5, 5.41) is 11.2. The zero-order valence-corrected chi connectivity index (χ0v) is 14.1. The molecule has 27 heavy (non-hydrogen) atoms. The molecule has 2 aromatic carbocycles. The molecule has 4 nitrogen and oxygen atoms in total. The minimum Gasteiger partial charge on any atom is -0.457 e. The maximum absolute atomic E-state index is 14.1. The average Bonchev–Trinajstić information content (AvgIpc) is 3.05. The van der Waals surface area contributed by atoms with Gasteiger partial charge in [-0.15, -0.1) is 0 Å². The van der Waals surface area contributed by atoms with Crippen molar-refractivity contribution in [1.82, 2.24) is 4.98 Å². The highest BCUT2D eigenvalue weighted by Gasteiger charge is 2.59. The van der Waals surface area contributed by atoms with E-state index in [1.165, 1.54) is 18.2 Å². The number of rotatable bonds is 2. The predicted octanol–water partition coefficient (Wildman–Crippen LogP) is 4.38. The fraction of sp³-hybridized carbons (Fsp3) is 0.150. The second kappa shape index (κ2) is 5.72. The first-order valence-corrected chi connectivity index (χ1v) is 8.12. The molecule has 0 saturated carbocycles. The molecule has 2 heterocycles. The molecule has 0 amide bonds. The standard InChI is InChI=1S/C20H14F3NO3/c1-11-6-7-17-13(8-11)16(25)9-18(27-17)19(26,20(21,22)23)14-10-24-15-5-3-2-4-12(14)15/h2-10,24,26H,1H3. The summed E-state index contributed by atoms with van der Waals surface area (Å²) in [6.07, 6.45) is -4.04. The Labute approximate surface area is 150 Å². The second-order valence-electron chi connectivity index (χ2n) is 6.43. The van der Waals surface area contributed by atoms with Crippen LogP contribution < -0.4 is 5.43 Å². The Hall–Kier alpha value is -3.06. The van der Waals surface area contributed by atoms with Gasteiger partial charge in [-0.3, -0.25) is 4.79 Å². The summed E-state index contributed by atoms with van der Waals surface area (Å²) in [5.74, 6) is -0.874. The average molecular weight is 373 g/mol. The lowest BCUT2D eigenvalue weighted by molar-refractivity contribution is -0.253. The molecule has 7 heteroatoms. The number of fused-ring (bicyclic) bond motifs is 2. The fourth-order valence-electron chi connectivity index (χ4n) is 3.24. The van der Waals surface area contributed by atoms with Gasteiger partial charge in [0.15, 0.2) is 11.2 Å². The smallest absolute Gasteiger partial charge is 0.428 e. The molecule has 2 aromatic heterocycles. The van der Waals surface area contributed by atoms with Crippen LogP contribution in [0.2, 0.25) is 0 Å².